The molecule has 33 heavy (non-hydrogen) atoms. The van der Waals surface area contributed by atoms with Crippen LogP contribution in [0.5, 0.6) is 0 Å². The number of hydrogen-bond acceptors (Lipinski definition) is 6. The van der Waals surface area contributed by atoms with Gasteiger partial charge in [-0.25, -0.2) is 0 Å². The third kappa shape index (κ3) is 11.6. The van der Waals surface area contributed by atoms with Crippen LogP contribution in [0.3, 0.4) is 0 Å². The third-order valence-corrected chi connectivity index (χ3v) is 4.57. The Morgan fingerprint density at radius 1 is 1.36 bits per heavy atom. The lowest BCUT2D eigenvalue weighted by Crippen LogP contribution is -2.27. The zero-order valence-corrected chi connectivity index (χ0v) is 20.0. The summed E-state index contributed by atoms with van der Waals surface area (Å²) in [4.78, 5) is 30.2. The van der Waals surface area contributed by atoms with Crippen molar-refractivity contribution in [3.63, 3.8) is 0 Å². The molecule has 1 aromatic rings. The standard InChI is InChI=1S/C16H20N4O.C4H8N2.C4H9NO.H2/c1-3-18-12-6-8-19-14(9-12)15(21)20-13-5-4-7-16(2,10-13)11-17;5-3-6-4-1-2-4;1-3-5-4(2)6;/h4-6,8-11,17H,3,7H2,1-2H3,(H,18,19)(H,20,21);3-4H,1-2H2,(H2,5,6);3H2,1-2H3,(H,5,6);1H. The Morgan fingerprint density at radius 2 is 2.09 bits per heavy atom. The Morgan fingerprint density at radius 3 is 2.58 bits per heavy atom. The van der Waals surface area contributed by atoms with Crippen LogP contribution in [0.1, 0.15) is 58.9 Å². The van der Waals surface area contributed by atoms with Crippen molar-refractivity contribution in [1.29, 1.82) is 5.41 Å². The normalized spacial score (nSPS) is 18.6. The van der Waals surface area contributed by atoms with Crippen LogP contribution in [-0.2, 0) is 4.79 Å². The minimum Gasteiger partial charge on any atom is -0.390 e. The summed E-state index contributed by atoms with van der Waals surface area (Å²) in [5.41, 5.74) is 6.58. The lowest BCUT2D eigenvalue weighted by atomic mass is 9.84. The second kappa shape index (κ2) is 14.5. The lowest BCUT2D eigenvalue weighted by molar-refractivity contribution is -0.118. The maximum atomic E-state index is 12.2. The number of anilines is 1. The van der Waals surface area contributed by atoms with Gasteiger partial charge >= 0.3 is 0 Å². The van der Waals surface area contributed by atoms with Gasteiger partial charge in [-0.15, -0.1) is 0 Å². The highest BCUT2D eigenvalue weighted by molar-refractivity contribution is 5.94. The van der Waals surface area contributed by atoms with Crippen molar-refractivity contribution in [2.45, 2.75) is 53.0 Å². The molecule has 1 heterocycles. The van der Waals surface area contributed by atoms with E-state index in [1.54, 1.807) is 12.3 Å². The highest BCUT2D eigenvalue weighted by atomic mass is 16.2. The van der Waals surface area contributed by atoms with Crippen LogP contribution in [0, 0.1) is 10.8 Å². The van der Waals surface area contributed by atoms with Gasteiger partial charge in [-0.1, -0.05) is 13.0 Å². The zero-order chi connectivity index (χ0) is 24.7. The zero-order valence-electron chi connectivity index (χ0n) is 20.0. The second-order valence-electron chi connectivity index (χ2n) is 7.89. The average molecular weight is 458 g/mol. The lowest BCUT2D eigenvalue weighted by Gasteiger charge is -2.23. The second-order valence-corrected chi connectivity index (χ2v) is 7.89. The SMILES string of the molecule is CCNC(C)=O.CCNc1ccnc(C(=O)NC2=CC(C)(C=N)CC=C2)c1.NC=NC1CC1.[HH]. The molecule has 1 aromatic heterocycles. The molecule has 0 spiro atoms. The molecule has 1 saturated carbocycles. The van der Waals surface area contributed by atoms with E-state index in [-0.39, 0.29) is 18.7 Å². The minimum absolute atomic E-state index is 0. The molecule has 2 amide bonds. The van der Waals surface area contributed by atoms with Gasteiger partial charge in [0, 0.05) is 50.7 Å². The van der Waals surface area contributed by atoms with E-state index in [0.29, 0.717) is 17.4 Å². The molecule has 0 aliphatic heterocycles. The molecule has 0 radical (unpaired) electrons. The van der Waals surface area contributed by atoms with Gasteiger partial charge in [-0.2, -0.15) is 0 Å². The van der Waals surface area contributed by atoms with E-state index in [4.69, 9.17) is 11.1 Å². The van der Waals surface area contributed by atoms with E-state index < -0.39 is 0 Å². The average Bonchev–Trinajstić information content (AvgIpc) is 3.60. The summed E-state index contributed by atoms with van der Waals surface area (Å²) < 4.78 is 0. The van der Waals surface area contributed by atoms with Crippen LogP contribution < -0.4 is 21.7 Å². The monoisotopic (exact) mass is 457 g/mol. The Balaban J connectivity index is 0.000000688. The number of carbonyl (C=O) groups is 2. The Hall–Kier alpha value is -3.49. The van der Waals surface area contributed by atoms with Gasteiger partial charge in [0.15, 0.2) is 0 Å². The number of rotatable bonds is 7. The van der Waals surface area contributed by atoms with Crippen LogP contribution in [0.4, 0.5) is 5.69 Å². The van der Waals surface area contributed by atoms with Gasteiger partial charge in [0.25, 0.3) is 5.91 Å². The number of amides is 2. The molecule has 1 unspecified atom stereocenters. The first-order valence-electron chi connectivity index (χ1n) is 11.2. The fourth-order valence-electron chi connectivity index (χ4n) is 2.74. The number of nitrogens with zero attached hydrogens (tertiary/aromatic N) is 2. The predicted octanol–water partition coefficient (Wildman–Crippen LogP) is 3.27. The summed E-state index contributed by atoms with van der Waals surface area (Å²) in [6.07, 6.45) is 13.4. The largest absolute Gasteiger partial charge is 0.390 e. The van der Waals surface area contributed by atoms with Crippen LogP contribution >= 0.6 is 0 Å². The van der Waals surface area contributed by atoms with Gasteiger partial charge in [0.2, 0.25) is 5.91 Å². The van der Waals surface area contributed by atoms with E-state index in [1.807, 2.05) is 45.1 Å². The first kappa shape index (κ1) is 27.5. The Labute approximate surface area is 198 Å². The molecule has 2 aliphatic rings. The molecule has 0 aromatic carbocycles. The molecule has 9 heteroatoms. The van der Waals surface area contributed by atoms with E-state index in [0.717, 1.165) is 25.2 Å². The molecule has 1 fully saturated rings. The van der Waals surface area contributed by atoms with Crippen molar-refractivity contribution < 1.29 is 11.0 Å². The molecule has 9 nitrogen and oxygen atoms in total. The van der Waals surface area contributed by atoms with E-state index in [2.05, 4.69) is 25.9 Å². The quantitative estimate of drug-likeness (QED) is 0.315. The number of aromatic nitrogens is 1. The summed E-state index contributed by atoms with van der Waals surface area (Å²) in [7, 11) is 0. The molecule has 6 N–H and O–H groups in total. The molecule has 0 saturated heterocycles. The first-order valence-corrected chi connectivity index (χ1v) is 11.2. The van der Waals surface area contributed by atoms with E-state index in [9.17, 15) is 9.59 Å². The van der Waals surface area contributed by atoms with Crippen LogP contribution in [0.2, 0.25) is 0 Å². The third-order valence-electron chi connectivity index (χ3n) is 4.57. The number of hydrogen-bond donors (Lipinski definition) is 5. The van der Waals surface area contributed by atoms with Crippen molar-refractivity contribution in [3.05, 3.63) is 47.9 Å². The maximum absolute atomic E-state index is 12.2. The maximum Gasteiger partial charge on any atom is 0.274 e. The van der Waals surface area contributed by atoms with Gasteiger partial charge < -0.3 is 27.1 Å². The Bertz CT molecular complexity index is 882. The smallest absolute Gasteiger partial charge is 0.274 e. The number of aliphatic imine (C=N–C) groups is 1. The van der Waals surface area contributed by atoms with Gasteiger partial charge in [-0.05, 0) is 57.4 Å². The summed E-state index contributed by atoms with van der Waals surface area (Å²) in [5, 5.41) is 16.0. The number of allylic oxidation sites excluding steroid dienone is 3. The van der Waals surface area contributed by atoms with Gasteiger partial charge in [0.1, 0.15) is 5.69 Å². The van der Waals surface area contributed by atoms with Crippen LogP contribution in [-0.4, -0.2) is 48.5 Å². The minimum atomic E-state index is -0.337. The topological polar surface area (TPSA) is 145 Å². The summed E-state index contributed by atoms with van der Waals surface area (Å²) in [5.74, 6) is -0.211. The number of carbonyl (C=O) groups excluding carboxylic acids is 2. The molecule has 182 valence electrons. The molecule has 3 rings (SSSR count). The highest BCUT2D eigenvalue weighted by Crippen LogP contribution is 2.26. The van der Waals surface area contributed by atoms with Crippen molar-refractivity contribution >= 4 is 30.1 Å². The predicted molar refractivity (Wildman–Crippen MR) is 137 cm³/mol. The molecular weight excluding hydrogens is 418 g/mol. The first-order chi connectivity index (χ1) is 15.8. The Kier molecular flexibility index (Phi) is 12.1. The fraction of sp³-hybridized carbons (Fsp3) is 0.458. The molecule has 1 atom stereocenters. The summed E-state index contributed by atoms with van der Waals surface area (Å²) >= 11 is 0. The van der Waals surface area contributed by atoms with E-state index >= 15 is 0 Å². The van der Waals surface area contributed by atoms with Crippen molar-refractivity contribution in [2.75, 3.05) is 18.4 Å². The molecule has 0 bridgehead atoms. The summed E-state index contributed by atoms with van der Waals surface area (Å²) in [6, 6.07) is 4.14. The number of nitrogens with one attached hydrogen (secondary N) is 4. The summed E-state index contributed by atoms with van der Waals surface area (Å²) in [6.45, 7) is 8.87. The van der Waals surface area contributed by atoms with Crippen molar-refractivity contribution in [2.24, 2.45) is 16.1 Å². The molecular formula is C24H39N7O2. The number of pyridine rings is 1. The van der Waals surface area contributed by atoms with Gasteiger partial charge in [0.05, 0.1) is 12.4 Å². The highest BCUT2D eigenvalue weighted by Gasteiger charge is 2.21. The van der Waals surface area contributed by atoms with Crippen LogP contribution in [0.25, 0.3) is 0 Å². The molecule has 2 aliphatic carbocycles. The van der Waals surface area contributed by atoms with E-state index in [1.165, 1.54) is 32.3 Å². The van der Waals surface area contributed by atoms with Gasteiger partial charge in [-0.3, -0.25) is 19.6 Å². The van der Waals surface area contributed by atoms with Crippen molar-refractivity contribution in [1.82, 2.24) is 15.6 Å². The van der Waals surface area contributed by atoms with Crippen molar-refractivity contribution in [3.8, 4) is 0 Å². The van der Waals surface area contributed by atoms with Crippen LogP contribution in [0.15, 0.2) is 47.2 Å². The number of nitrogens with two attached hydrogens (primary N) is 1. The fourth-order valence-corrected chi connectivity index (χ4v) is 2.74.